The zero-order valence-electron chi connectivity index (χ0n) is 11.5. The highest BCUT2D eigenvalue weighted by Gasteiger charge is 2.21. The maximum atomic E-state index is 3.48. The summed E-state index contributed by atoms with van der Waals surface area (Å²) < 4.78 is 0. The molecule has 0 aromatic carbocycles. The lowest BCUT2D eigenvalue weighted by atomic mass is 10.1. The van der Waals surface area contributed by atoms with Gasteiger partial charge in [-0.1, -0.05) is 20.8 Å². The Bertz CT molecular complexity index is 182. The van der Waals surface area contributed by atoms with Crippen LogP contribution in [0.2, 0.25) is 0 Å². The van der Waals surface area contributed by atoms with Gasteiger partial charge in [0.05, 0.1) is 0 Å². The summed E-state index contributed by atoms with van der Waals surface area (Å²) in [5, 5.41) is 3.48. The van der Waals surface area contributed by atoms with E-state index in [-0.39, 0.29) is 0 Å². The second kappa shape index (κ2) is 7.25. The van der Waals surface area contributed by atoms with Gasteiger partial charge in [-0.15, -0.1) is 0 Å². The van der Waals surface area contributed by atoms with Crippen molar-refractivity contribution in [1.82, 2.24) is 15.1 Å². The summed E-state index contributed by atoms with van der Waals surface area (Å²) in [6.45, 7) is 12.9. The summed E-state index contributed by atoms with van der Waals surface area (Å²) in [7, 11) is 2.26. The molecule has 1 aliphatic rings. The third kappa shape index (κ3) is 4.81. The van der Waals surface area contributed by atoms with Gasteiger partial charge in [-0.3, -0.25) is 0 Å². The number of nitrogens with zero attached hydrogens (tertiary/aromatic N) is 2. The first-order valence-corrected chi connectivity index (χ1v) is 6.79. The Morgan fingerprint density at radius 1 is 1.31 bits per heavy atom. The average Bonchev–Trinajstić information content (AvgIpc) is 2.26. The van der Waals surface area contributed by atoms with Gasteiger partial charge in [-0.05, 0) is 33.0 Å². The highest BCUT2D eigenvalue weighted by Crippen LogP contribution is 2.10. The largest absolute Gasteiger partial charge is 0.314 e. The van der Waals surface area contributed by atoms with E-state index >= 15 is 0 Å². The van der Waals surface area contributed by atoms with E-state index in [2.05, 4.69) is 42.9 Å². The van der Waals surface area contributed by atoms with Crippen LogP contribution in [-0.4, -0.2) is 61.7 Å². The summed E-state index contributed by atoms with van der Waals surface area (Å²) >= 11 is 0. The van der Waals surface area contributed by atoms with Crippen molar-refractivity contribution < 1.29 is 0 Å². The van der Waals surface area contributed by atoms with Crippen molar-refractivity contribution in [3.8, 4) is 0 Å². The summed E-state index contributed by atoms with van der Waals surface area (Å²) in [5.41, 5.74) is 0. The van der Waals surface area contributed by atoms with Crippen molar-refractivity contribution in [2.75, 3.05) is 39.8 Å². The van der Waals surface area contributed by atoms with E-state index in [0.29, 0.717) is 6.04 Å². The van der Waals surface area contributed by atoms with E-state index in [1.165, 1.54) is 39.0 Å². The van der Waals surface area contributed by atoms with E-state index in [4.69, 9.17) is 0 Å². The van der Waals surface area contributed by atoms with Crippen LogP contribution in [0.15, 0.2) is 0 Å². The van der Waals surface area contributed by atoms with Crippen LogP contribution >= 0.6 is 0 Å². The molecule has 1 fully saturated rings. The van der Waals surface area contributed by atoms with Crippen LogP contribution in [0.3, 0.4) is 0 Å². The molecule has 1 saturated heterocycles. The lowest BCUT2D eigenvalue weighted by molar-refractivity contribution is 0.0924. The van der Waals surface area contributed by atoms with Crippen LogP contribution in [0.1, 0.15) is 33.6 Å². The van der Waals surface area contributed by atoms with Crippen molar-refractivity contribution in [2.45, 2.75) is 45.7 Å². The Morgan fingerprint density at radius 3 is 2.69 bits per heavy atom. The van der Waals surface area contributed by atoms with Gasteiger partial charge in [0.15, 0.2) is 0 Å². The van der Waals surface area contributed by atoms with Gasteiger partial charge in [0.25, 0.3) is 0 Å². The van der Waals surface area contributed by atoms with E-state index in [0.717, 1.165) is 12.6 Å². The Morgan fingerprint density at radius 2 is 2.06 bits per heavy atom. The molecule has 96 valence electrons. The van der Waals surface area contributed by atoms with E-state index < -0.39 is 0 Å². The monoisotopic (exact) mass is 227 g/mol. The summed E-state index contributed by atoms with van der Waals surface area (Å²) in [6, 6.07) is 1.39. The van der Waals surface area contributed by atoms with Crippen LogP contribution in [-0.2, 0) is 0 Å². The first-order valence-electron chi connectivity index (χ1n) is 6.79. The molecule has 3 heteroatoms. The predicted molar refractivity (Wildman–Crippen MR) is 70.9 cm³/mol. The predicted octanol–water partition coefficient (Wildman–Crippen LogP) is 1.40. The summed E-state index contributed by atoms with van der Waals surface area (Å²) in [5.74, 6) is 0. The normalized spacial score (nSPS) is 24.2. The molecule has 3 nitrogen and oxygen atoms in total. The van der Waals surface area contributed by atoms with Crippen LogP contribution in [0.25, 0.3) is 0 Å². The fourth-order valence-corrected chi connectivity index (χ4v) is 2.35. The molecule has 1 aliphatic heterocycles. The minimum absolute atomic E-state index is 0.621. The lowest BCUT2D eigenvalue weighted by Gasteiger charge is -2.39. The fourth-order valence-electron chi connectivity index (χ4n) is 2.35. The van der Waals surface area contributed by atoms with Gasteiger partial charge in [-0.2, -0.15) is 0 Å². The van der Waals surface area contributed by atoms with Crippen molar-refractivity contribution in [3.63, 3.8) is 0 Å². The first kappa shape index (κ1) is 13.9. The van der Waals surface area contributed by atoms with Gasteiger partial charge in [0, 0.05) is 31.7 Å². The van der Waals surface area contributed by atoms with Crippen molar-refractivity contribution >= 4 is 0 Å². The van der Waals surface area contributed by atoms with E-state index in [1.54, 1.807) is 0 Å². The highest BCUT2D eigenvalue weighted by molar-refractivity contribution is 4.79. The molecule has 0 aliphatic carbocycles. The second-order valence-corrected chi connectivity index (χ2v) is 5.31. The van der Waals surface area contributed by atoms with Crippen LogP contribution < -0.4 is 5.32 Å². The minimum atomic E-state index is 0.621. The summed E-state index contributed by atoms with van der Waals surface area (Å²) in [6.07, 6.45) is 2.55. The van der Waals surface area contributed by atoms with Gasteiger partial charge in [-0.25, -0.2) is 0 Å². The molecular weight excluding hydrogens is 198 g/mol. The van der Waals surface area contributed by atoms with Crippen LogP contribution in [0.5, 0.6) is 0 Å². The Balaban J connectivity index is 2.13. The van der Waals surface area contributed by atoms with Gasteiger partial charge in [0.1, 0.15) is 0 Å². The van der Waals surface area contributed by atoms with Crippen LogP contribution in [0, 0.1) is 0 Å². The SMILES string of the molecule is CCC1CN(CCCNC(C)C)CCN1C. The molecule has 16 heavy (non-hydrogen) atoms. The fraction of sp³-hybridized carbons (Fsp3) is 1.00. The molecule has 1 atom stereocenters. The third-order valence-corrected chi connectivity index (χ3v) is 3.54. The van der Waals surface area contributed by atoms with Crippen molar-refractivity contribution in [2.24, 2.45) is 0 Å². The first-order chi connectivity index (χ1) is 7.63. The van der Waals surface area contributed by atoms with Gasteiger partial charge in [0.2, 0.25) is 0 Å². The molecule has 0 aromatic rings. The summed E-state index contributed by atoms with van der Waals surface area (Å²) in [4.78, 5) is 5.12. The molecule has 0 spiro atoms. The Kier molecular flexibility index (Phi) is 6.32. The van der Waals surface area contributed by atoms with Crippen molar-refractivity contribution in [1.29, 1.82) is 0 Å². The second-order valence-electron chi connectivity index (χ2n) is 5.31. The van der Waals surface area contributed by atoms with E-state index in [1.807, 2.05) is 0 Å². The Hall–Kier alpha value is -0.120. The molecule has 0 amide bonds. The zero-order chi connectivity index (χ0) is 12.0. The minimum Gasteiger partial charge on any atom is -0.314 e. The molecule has 1 unspecified atom stereocenters. The molecule has 0 bridgehead atoms. The molecule has 0 radical (unpaired) electrons. The van der Waals surface area contributed by atoms with E-state index in [9.17, 15) is 0 Å². The maximum Gasteiger partial charge on any atom is 0.0218 e. The molecular formula is C13H29N3. The Labute approximate surface area is 101 Å². The number of hydrogen-bond acceptors (Lipinski definition) is 3. The topological polar surface area (TPSA) is 18.5 Å². The molecule has 1 heterocycles. The number of hydrogen-bond donors (Lipinski definition) is 1. The molecule has 0 saturated carbocycles. The van der Waals surface area contributed by atoms with Gasteiger partial charge >= 0.3 is 0 Å². The molecule has 1 rings (SSSR count). The highest BCUT2D eigenvalue weighted by atomic mass is 15.3. The zero-order valence-corrected chi connectivity index (χ0v) is 11.5. The number of piperazine rings is 1. The standard InChI is InChI=1S/C13H29N3/c1-5-13-11-16(10-9-15(13)4)8-6-7-14-12(2)3/h12-14H,5-11H2,1-4H3. The smallest absolute Gasteiger partial charge is 0.0218 e. The maximum absolute atomic E-state index is 3.48. The average molecular weight is 227 g/mol. The molecule has 1 N–H and O–H groups in total. The number of nitrogens with one attached hydrogen (secondary N) is 1. The quantitative estimate of drug-likeness (QED) is 0.692. The molecule has 0 aromatic heterocycles. The lowest BCUT2D eigenvalue weighted by Crippen LogP contribution is -2.51. The third-order valence-electron chi connectivity index (χ3n) is 3.54. The number of rotatable bonds is 6. The van der Waals surface area contributed by atoms with Crippen molar-refractivity contribution in [3.05, 3.63) is 0 Å². The number of likely N-dealkylation sites (N-methyl/N-ethyl adjacent to an activating group) is 1. The van der Waals surface area contributed by atoms with Gasteiger partial charge < -0.3 is 15.1 Å². The van der Waals surface area contributed by atoms with Crippen LogP contribution in [0.4, 0.5) is 0 Å².